The Hall–Kier alpha value is 0.225. The predicted molar refractivity (Wildman–Crippen MR) is 66.9 cm³/mol. The third-order valence-corrected chi connectivity index (χ3v) is 3.71. The Morgan fingerprint density at radius 1 is 1.20 bits per heavy atom. The molecule has 0 spiro atoms. The second-order valence-electron chi connectivity index (χ2n) is 5.02. The van der Waals surface area contributed by atoms with Crippen LogP contribution in [-0.2, 0) is 0 Å². The maximum Gasteiger partial charge on any atom is 1.00 e. The van der Waals surface area contributed by atoms with Crippen molar-refractivity contribution in [1.82, 2.24) is 0 Å². The third kappa shape index (κ3) is 4.62. The summed E-state index contributed by atoms with van der Waals surface area (Å²) in [6.45, 7) is 4.14. The van der Waals surface area contributed by atoms with Gasteiger partial charge in [0.25, 0.3) is 0 Å². The van der Waals surface area contributed by atoms with Crippen LogP contribution in [0.3, 0.4) is 0 Å². The van der Waals surface area contributed by atoms with Crippen LogP contribution in [-0.4, -0.2) is 6.61 Å². The molecule has 0 heterocycles. The topological polar surface area (TPSA) is 32.3 Å². The van der Waals surface area contributed by atoms with E-state index in [0.29, 0.717) is 18.4 Å². The summed E-state index contributed by atoms with van der Waals surface area (Å²) in [6.07, 6.45) is 6.10. The Kier molecular flexibility index (Phi) is 7.87. The number of allylic oxidation sites excluding steroid dienone is 1. The first-order valence-corrected chi connectivity index (χ1v) is 6.52. The molecule has 0 atom stereocenters. The molecule has 1 fully saturated rings. The van der Waals surface area contributed by atoms with Crippen LogP contribution < -0.4 is 68.0 Å². The van der Waals surface area contributed by atoms with Gasteiger partial charge in [-0.1, -0.05) is 17.9 Å². The van der Waals surface area contributed by atoms with Crippen LogP contribution >= 0.6 is 0 Å². The normalized spacial score (nSPS) is 21.9. The fourth-order valence-electron chi connectivity index (χ4n) is 2.42. The molecule has 104 valence electrons. The van der Waals surface area contributed by atoms with E-state index in [2.05, 4.69) is 6.58 Å². The molecule has 2 rings (SSSR count). The van der Waals surface area contributed by atoms with Crippen molar-refractivity contribution in [2.24, 2.45) is 11.8 Å². The van der Waals surface area contributed by atoms with Gasteiger partial charge < -0.3 is 9.84 Å². The van der Waals surface area contributed by atoms with E-state index in [-0.39, 0.29) is 63.9 Å². The Morgan fingerprint density at radius 3 is 2.45 bits per heavy atom. The second-order valence-corrected chi connectivity index (χ2v) is 5.02. The Labute approximate surface area is 167 Å². The van der Waals surface area contributed by atoms with Gasteiger partial charge in [0.2, 0.25) is 0 Å². The summed E-state index contributed by atoms with van der Waals surface area (Å²) < 4.78 is 31.8. The summed E-state index contributed by atoms with van der Waals surface area (Å²) in [4.78, 5) is 0. The van der Waals surface area contributed by atoms with E-state index in [1.165, 1.54) is 6.07 Å². The van der Waals surface area contributed by atoms with Gasteiger partial charge in [0.15, 0.2) is 17.4 Å². The fraction of sp³-hybridized carbons (Fsp3) is 0.467. The second kappa shape index (κ2) is 8.62. The van der Waals surface area contributed by atoms with Gasteiger partial charge in [-0.25, -0.2) is 4.39 Å². The van der Waals surface area contributed by atoms with Crippen molar-refractivity contribution >= 4 is 0 Å². The Bertz CT molecular complexity index is 457. The van der Waals surface area contributed by atoms with Gasteiger partial charge in [-0.15, -0.1) is 6.58 Å². The van der Waals surface area contributed by atoms with E-state index in [9.17, 15) is 13.9 Å². The molecule has 0 saturated heterocycles. The van der Waals surface area contributed by atoms with Gasteiger partial charge in [-0.05, 0) is 43.6 Å². The zero-order chi connectivity index (χ0) is 13.8. The molecule has 1 aliphatic carbocycles. The van der Waals surface area contributed by atoms with E-state index in [4.69, 9.17) is 4.74 Å². The zero-order valence-electron chi connectivity index (χ0n) is 11.7. The predicted octanol–water partition coefficient (Wildman–Crippen LogP) is 0.414. The molecule has 0 amide bonds. The molecule has 0 unspecified atom stereocenters. The van der Waals surface area contributed by atoms with Crippen LogP contribution in [0.15, 0.2) is 24.8 Å². The van der Waals surface area contributed by atoms with Crippen molar-refractivity contribution in [3.8, 4) is 11.5 Å². The van der Waals surface area contributed by atoms with E-state index < -0.39 is 17.4 Å². The van der Waals surface area contributed by atoms with Crippen molar-refractivity contribution in [1.29, 1.82) is 0 Å². The van der Waals surface area contributed by atoms with Gasteiger partial charge in [0.1, 0.15) is 0 Å². The monoisotopic (exact) mass is 352 g/mol. The quantitative estimate of drug-likeness (QED) is 0.735. The molecule has 1 saturated carbocycles. The van der Waals surface area contributed by atoms with Crippen LogP contribution in [0.4, 0.5) is 8.78 Å². The van der Waals surface area contributed by atoms with Crippen LogP contribution in [0.25, 0.3) is 0 Å². The molecule has 1 aromatic carbocycles. The van der Waals surface area contributed by atoms with Gasteiger partial charge in [-0.2, -0.15) is 4.39 Å². The standard InChI is InChI=1S/C15H18F2O2.Rb/c1-2-10-3-5-11(6-4-10)9-19-13-8-7-12(18)14(16)15(13)17;/h2,7-8,10-11,18H,1,3-6,9H2;/q;+1/p-1. The van der Waals surface area contributed by atoms with E-state index >= 15 is 0 Å². The minimum atomic E-state index is -1.37. The summed E-state index contributed by atoms with van der Waals surface area (Å²) >= 11 is 0. The Balaban J connectivity index is 0.00000200. The molecule has 2 nitrogen and oxygen atoms in total. The molecule has 0 aliphatic heterocycles. The van der Waals surface area contributed by atoms with E-state index in [0.717, 1.165) is 31.7 Å². The minimum absolute atomic E-state index is 0. The van der Waals surface area contributed by atoms with Gasteiger partial charge >= 0.3 is 58.2 Å². The van der Waals surface area contributed by atoms with E-state index in [1.807, 2.05) is 6.08 Å². The van der Waals surface area contributed by atoms with Gasteiger partial charge in [0, 0.05) is 0 Å². The molecule has 0 aromatic heterocycles. The zero-order valence-corrected chi connectivity index (χ0v) is 16.6. The maximum atomic E-state index is 13.4. The van der Waals surface area contributed by atoms with Gasteiger partial charge in [0.05, 0.1) is 6.61 Å². The number of hydrogen-bond donors (Lipinski definition) is 0. The van der Waals surface area contributed by atoms with E-state index in [1.54, 1.807) is 0 Å². The first-order valence-electron chi connectivity index (χ1n) is 6.52. The molecule has 1 aliphatic rings. The van der Waals surface area contributed by atoms with Crippen molar-refractivity contribution in [3.63, 3.8) is 0 Å². The summed E-state index contributed by atoms with van der Waals surface area (Å²) in [5.41, 5.74) is 0. The molecule has 0 N–H and O–H groups in total. The van der Waals surface area contributed by atoms with Crippen molar-refractivity contribution in [2.75, 3.05) is 6.61 Å². The molecular formula is C15H17F2O2Rb. The number of ether oxygens (including phenoxy) is 1. The fourth-order valence-corrected chi connectivity index (χ4v) is 2.42. The SMILES string of the molecule is C=CC1CCC(COc2ccc([O-])c(F)c2F)CC1.[Rb+]. The van der Waals surface area contributed by atoms with Crippen LogP contribution in [0.5, 0.6) is 11.5 Å². The van der Waals surface area contributed by atoms with Crippen molar-refractivity contribution in [2.45, 2.75) is 25.7 Å². The Morgan fingerprint density at radius 2 is 1.85 bits per heavy atom. The summed E-state index contributed by atoms with van der Waals surface area (Å²) in [7, 11) is 0. The first-order chi connectivity index (χ1) is 9.11. The minimum Gasteiger partial charge on any atom is -0.870 e. The number of benzene rings is 1. The molecule has 1 aromatic rings. The van der Waals surface area contributed by atoms with Crippen molar-refractivity contribution in [3.05, 3.63) is 36.4 Å². The van der Waals surface area contributed by atoms with Crippen LogP contribution in [0.1, 0.15) is 25.7 Å². The average Bonchev–Trinajstić information content (AvgIpc) is 2.45. The average molecular weight is 353 g/mol. The molecule has 0 bridgehead atoms. The largest absolute Gasteiger partial charge is 1.00 e. The molecular weight excluding hydrogens is 336 g/mol. The van der Waals surface area contributed by atoms with Crippen LogP contribution in [0, 0.1) is 23.5 Å². The first kappa shape index (κ1) is 18.3. The smallest absolute Gasteiger partial charge is 0.870 e. The third-order valence-electron chi connectivity index (χ3n) is 3.71. The van der Waals surface area contributed by atoms with Crippen LogP contribution in [0.2, 0.25) is 0 Å². The molecule has 5 heteroatoms. The number of halogens is 2. The number of hydrogen-bond acceptors (Lipinski definition) is 2. The summed E-state index contributed by atoms with van der Waals surface area (Å²) in [5, 5.41) is 10.9. The summed E-state index contributed by atoms with van der Waals surface area (Å²) in [5.74, 6) is -2.77. The van der Waals surface area contributed by atoms with Crippen molar-refractivity contribution < 1.29 is 76.8 Å². The van der Waals surface area contributed by atoms with Gasteiger partial charge in [-0.3, -0.25) is 0 Å². The number of rotatable bonds is 4. The molecule has 0 radical (unpaired) electrons. The summed E-state index contributed by atoms with van der Waals surface area (Å²) in [6, 6.07) is 2.18. The molecule has 20 heavy (non-hydrogen) atoms. The maximum absolute atomic E-state index is 13.4.